The Morgan fingerprint density at radius 1 is 1.20 bits per heavy atom. The molecule has 0 aliphatic rings. The zero-order chi connectivity index (χ0) is 14.3. The fourth-order valence-corrected chi connectivity index (χ4v) is 2.36. The topological polar surface area (TPSA) is 67.8 Å². The number of hydrogen-bond acceptors (Lipinski definition) is 3. The van der Waals surface area contributed by atoms with Gasteiger partial charge < -0.3 is 10.2 Å². The standard InChI is InChI=1S/C13H8Cl2FN3O/c14-8-5-6(16)1-2-7(8)11-12(18-19-13(11)17)9-3-4-10(15)20-9/h1-5H,(H3,17,18,19). The summed E-state index contributed by atoms with van der Waals surface area (Å²) in [5, 5.41) is 7.18. The van der Waals surface area contributed by atoms with Crippen molar-refractivity contribution in [2.45, 2.75) is 0 Å². The molecule has 0 radical (unpaired) electrons. The maximum atomic E-state index is 13.1. The molecule has 0 bridgehead atoms. The van der Waals surface area contributed by atoms with Crippen molar-refractivity contribution < 1.29 is 8.81 Å². The second-order valence-corrected chi connectivity index (χ2v) is 4.87. The monoisotopic (exact) mass is 311 g/mol. The minimum Gasteiger partial charge on any atom is -0.443 e. The number of furan rings is 1. The highest BCUT2D eigenvalue weighted by Crippen LogP contribution is 2.39. The van der Waals surface area contributed by atoms with Crippen molar-refractivity contribution >= 4 is 29.0 Å². The molecule has 20 heavy (non-hydrogen) atoms. The first-order chi connectivity index (χ1) is 9.56. The average Bonchev–Trinajstić information content (AvgIpc) is 2.96. The lowest BCUT2D eigenvalue weighted by Crippen LogP contribution is -1.90. The van der Waals surface area contributed by atoms with E-state index in [-0.39, 0.29) is 16.1 Å². The Hall–Kier alpha value is -1.98. The number of benzene rings is 1. The Bertz CT molecular complexity index is 782. The number of nitrogens with one attached hydrogen (secondary N) is 1. The van der Waals surface area contributed by atoms with Crippen LogP contribution in [-0.4, -0.2) is 10.2 Å². The lowest BCUT2D eigenvalue weighted by Gasteiger charge is -2.05. The van der Waals surface area contributed by atoms with Gasteiger partial charge in [-0.25, -0.2) is 4.39 Å². The van der Waals surface area contributed by atoms with Crippen molar-refractivity contribution in [1.82, 2.24) is 10.2 Å². The van der Waals surface area contributed by atoms with Gasteiger partial charge in [0.15, 0.2) is 16.8 Å². The Balaban J connectivity index is 2.21. The van der Waals surface area contributed by atoms with E-state index in [4.69, 9.17) is 33.4 Å². The van der Waals surface area contributed by atoms with Gasteiger partial charge in [-0.2, -0.15) is 5.10 Å². The average molecular weight is 312 g/mol. The van der Waals surface area contributed by atoms with Crippen molar-refractivity contribution in [3.63, 3.8) is 0 Å². The van der Waals surface area contributed by atoms with E-state index in [0.29, 0.717) is 22.6 Å². The molecule has 2 aromatic heterocycles. The summed E-state index contributed by atoms with van der Waals surface area (Å²) in [6, 6.07) is 7.32. The lowest BCUT2D eigenvalue weighted by molar-refractivity contribution is 0.582. The van der Waals surface area contributed by atoms with E-state index in [9.17, 15) is 4.39 Å². The molecular formula is C13H8Cl2FN3O. The quantitative estimate of drug-likeness (QED) is 0.738. The van der Waals surface area contributed by atoms with Gasteiger partial charge in [0.05, 0.1) is 10.6 Å². The summed E-state index contributed by atoms with van der Waals surface area (Å²) >= 11 is 11.8. The predicted molar refractivity (Wildman–Crippen MR) is 76.1 cm³/mol. The molecule has 3 N–H and O–H groups in total. The van der Waals surface area contributed by atoms with Gasteiger partial charge in [-0.05, 0) is 41.9 Å². The highest BCUT2D eigenvalue weighted by molar-refractivity contribution is 6.33. The van der Waals surface area contributed by atoms with Gasteiger partial charge in [-0.15, -0.1) is 0 Å². The second kappa shape index (κ2) is 4.85. The van der Waals surface area contributed by atoms with Crippen LogP contribution in [0.4, 0.5) is 10.2 Å². The predicted octanol–water partition coefficient (Wildman–Crippen LogP) is 4.36. The number of halogens is 3. The Morgan fingerprint density at radius 2 is 2.00 bits per heavy atom. The van der Waals surface area contributed by atoms with E-state index in [1.54, 1.807) is 12.1 Å². The molecule has 0 atom stereocenters. The van der Waals surface area contributed by atoms with Crippen LogP contribution in [-0.2, 0) is 0 Å². The lowest BCUT2D eigenvalue weighted by atomic mass is 10.0. The summed E-state index contributed by atoms with van der Waals surface area (Å²) in [4.78, 5) is 0. The number of rotatable bonds is 2. The number of aromatic nitrogens is 2. The SMILES string of the molecule is Nc1n[nH]c(-c2ccc(Cl)o2)c1-c1ccc(F)cc1Cl. The molecule has 0 unspecified atom stereocenters. The van der Waals surface area contributed by atoms with Crippen LogP contribution in [0.15, 0.2) is 34.7 Å². The first-order valence-corrected chi connectivity index (χ1v) is 6.37. The van der Waals surface area contributed by atoms with Crippen LogP contribution in [0, 0.1) is 5.82 Å². The zero-order valence-corrected chi connectivity index (χ0v) is 11.5. The van der Waals surface area contributed by atoms with E-state index >= 15 is 0 Å². The Kier molecular flexibility index (Phi) is 3.16. The molecule has 2 heterocycles. The number of H-pyrrole nitrogens is 1. The van der Waals surface area contributed by atoms with Gasteiger partial charge in [0.2, 0.25) is 0 Å². The highest BCUT2D eigenvalue weighted by atomic mass is 35.5. The Labute approximate surface area is 123 Å². The number of anilines is 1. The third-order valence-corrected chi connectivity index (χ3v) is 3.33. The molecule has 102 valence electrons. The smallest absolute Gasteiger partial charge is 0.194 e. The van der Waals surface area contributed by atoms with E-state index in [1.165, 1.54) is 18.2 Å². The van der Waals surface area contributed by atoms with E-state index in [0.717, 1.165) is 0 Å². The largest absolute Gasteiger partial charge is 0.443 e. The summed E-state index contributed by atoms with van der Waals surface area (Å²) in [5.41, 5.74) is 7.49. The van der Waals surface area contributed by atoms with Gasteiger partial charge in [0.25, 0.3) is 0 Å². The molecule has 4 nitrogen and oxygen atoms in total. The number of nitrogens with zero attached hydrogens (tertiary/aromatic N) is 1. The molecule has 7 heteroatoms. The molecule has 3 aromatic rings. The summed E-state index contributed by atoms with van der Waals surface area (Å²) in [5.74, 6) is 0.277. The van der Waals surface area contributed by atoms with Gasteiger partial charge in [0, 0.05) is 5.56 Å². The van der Waals surface area contributed by atoms with Crippen LogP contribution in [0.25, 0.3) is 22.6 Å². The van der Waals surface area contributed by atoms with E-state index in [2.05, 4.69) is 10.2 Å². The van der Waals surface area contributed by atoms with Crippen molar-refractivity contribution in [1.29, 1.82) is 0 Å². The third kappa shape index (κ3) is 2.15. The normalized spacial score (nSPS) is 10.9. The minimum absolute atomic E-state index is 0.233. The van der Waals surface area contributed by atoms with Crippen LogP contribution >= 0.6 is 23.2 Å². The van der Waals surface area contributed by atoms with Crippen molar-refractivity contribution in [3.05, 3.63) is 46.4 Å². The van der Waals surface area contributed by atoms with Crippen molar-refractivity contribution in [3.8, 4) is 22.6 Å². The van der Waals surface area contributed by atoms with Gasteiger partial charge >= 0.3 is 0 Å². The fraction of sp³-hybridized carbons (Fsp3) is 0. The summed E-state index contributed by atoms with van der Waals surface area (Å²) in [6.07, 6.45) is 0. The second-order valence-electron chi connectivity index (χ2n) is 4.09. The number of nitrogen functional groups attached to an aromatic ring is 1. The summed E-state index contributed by atoms with van der Waals surface area (Å²) in [6.45, 7) is 0. The molecular weight excluding hydrogens is 304 g/mol. The molecule has 0 spiro atoms. The van der Waals surface area contributed by atoms with Gasteiger partial charge in [-0.1, -0.05) is 11.6 Å². The maximum Gasteiger partial charge on any atom is 0.194 e. The maximum absolute atomic E-state index is 13.1. The molecule has 0 saturated heterocycles. The van der Waals surface area contributed by atoms with E-state index in [1.807, 2.05) is 0 Å². The highest BCUT2D eigenvalue weighted by Gasteiger charge is 2.19. The van der Waals surface area contributed by atoms with Crippen LogP contribution in [0.2, 0.25) is 10.2 Å². The molecule has 1 aromatic carbocycles. The molecule has 0 aliphatic carbocycles. The first-order valence-electron chi connectivity index (χ1n) is 5.61. The molecule has 0 amide bonds. The number of aromatic amines is 1. The Morgan fingerprint density at radius 3 is 2.65 bits per heavy atom. The number of nitrogens with two attached hydrogens (primary N) is 1. The summed E-state index contributed by atoms with van der Waals surface area (Å²) < 4.78 is 18.5. The first kappa shape index (κ1) is 13.0. The van der Waals surface area contributed by atoms with Crippen LogP contribution < -0.4 is 5.73 Å². The van der Waals surface area contributed by atoms with Crippen molar-refractivity contribution in [2.24, 2.45) is 0 Å². The van der Waals surface area contributed by atoms with Crippen LogP contribution in [0.3, 0.4) is 0 Å². The van der Waals surface area contributed by atoms with Crippen LogP contribution in [0.1, 0.15) is 0 Å². The molecule has 3 rings (SSSR count). The fourth-order valence-electron chi connectivity index (χ4n) is 1.95. The molecule has 0 aliphatic heterocycles. The molecule has 0 fully saturated rings. The third-order valence-electron chi connectivity index (χ3n) is 2.81. The van der Waals surface area contributed by atoms with E-state index < -0.39 is 5.82 Å². The van der Waals surface area contributed by atoms with Crippen molar-refractivity contribution in [2.75, 3.05) is 5.73 Å². The van der Waals surface area contributed by atoms with Gasteiger partial charge in [0.1, 0.15) is 11.5 Å². The minimum atomic E-state index is -0.427. The summed E-state index contributed by atoms with van der Waals surface area (Å²) in [7, 11) is 0. The van der Waals surface area contributed by atoms with Crippen LogP contribution in [0.5, 0.6) is 0 Å². The molecule has 0 saturated carbocycles. The number of hydrogen-bond donors (Lipinski definition) is 2. The van der Waals surface area contributed by atoms with Gasteiger partial charge in [-0.3, -0.25) is 5.10 Å². The zero-order valence-electron chi connectivity index (χ0n) is 9.95.